The monoisotopic (exact) mass is 292 g/mol. The first kappa shape index (κ1) is 17.5. The number of para-hydroxylation sites is 1. The van der Waals surface area contributed by atoms with Gasteiger partial charge in [0, 0.05) is 18.5 Å². The number of hydrogen-bond donors (Lipinski definition) is 2. The van der Waals surface area contributed by atoms with Gasteiger partial charge in [0.15, 0.2) is 0 Å². The predicted molar refractivity (Wildman–Crippen MR) is 86.6 cm³/mol. The zero-order valence-corrected chi connectivity index (χ0v) is 13.8. The Labute approximate surface area is 128 Å². The highest BCUT2D eigenvalue weighted by molar-refractivity contribution is 5.78. The second kappa shape index (κ2) is 8.67. The highest BCUT2D eigenvalue weighted by atomic mass is 16.5. The zero-order valence-electron chi connectivity index (χ0n) is 13.8. The van der Waals surface area contributed by atoms with E-state index < -0.39 is 0 Å². The summed E-state index contributed by atoms with van der Waals surface area (Å²) in [4.78, 5) is 12.2. The SMILES string of the molecule is CNCC(C)C(=O)NC(Cc1ccccc1OC)C(C)C. The Morgan fingerprint density at radius 3 is 2.48 bits per heavy atom. The summed E-state index contributed by atoms with van der Waals surface area (Å²) in [5, 5.41) is 6.20. The molecule has 0 aromatic heterocycles. The molecule has 0 aliphatic heterocycles. The summed E-state index contributed by atoms with van der Waals surface area (Å²) in [5.41, 5.74) is 1.13. The van der Waals surface area contributed by atoms with Crippen LogP contribution in [0.2, 0.25) is 0 Å². The van der Waals surface area contributed by atoms with Crippen molar-refractivity contribution in [2.75, 3.05) is 20.7 Å². The first-order valence-corrected chi connectivity index (χ1v) is 7.56. The van der Waals surface area contributed by atoms with Gasteiger partial charge >= 0.3 is 0 Å². The van der Waals surface area contributed by atoms with Crippen LogP contribution in [-0.4, -0.2) is 32.7 Å². The molecule has 0 fully saturated rings. The van der Waals surface area contributed by atoms with E-state index in [1.807, 2.05) is 32.2 Å². The Kier molecular flexibility index (Phi) is 7.23. The minimum Gasteiger partial charge on any atom is -0.496 e. The van der Waals surface area contributed by atoms with E-state index in [2.05, 4.69) is 30.5 Å². The zero-order chi connectivity index (χ0) is 15.8. The molecular formula is C17H28N2O2. The lowest BCUT2D eigenvalue weighted by atomic mass is 9.95. The molecule has 4 heteroatoms. The third-order valence-corrected chi connectivity index (χ3v) is 3.72. The molecule has 1 amide bonds. The lowest BCUT2D eigenvalue weighted by Crippen LogP contribution is -2.44. The Balaban J connectivity index is 2.76. The van der Waals surface area contributed by atoms with Crippen LogP contribution in [0, 0.1) is 11.8 Å². The topological polar surface area (TPSA) is 50.4 Å². The van der Waals surface area contributed by atoms with Gasteiger partial charge in [0.25, 0.3) is 0 Å². The summed E-state index contributed by atoms with van der Waals surface area (Å²) in [6.45, 7) is 6.88. The summed E-state index contributed by atoms with van der Waals surface area (Å²) in [6.07, 6.45) is 0.777. The number of carbonyl (C=O) groups excluding carboxylic acids is 1. The normalized spacial score (nSPS) is 13.8. The van der Waals surface area contributed by atoms with Crippen LogP contribution in [0.5, 0.6) is 5.75 Å². The molecule has 0 saturated carbocycles. The second-order valence-corrected chi connectivity index (χ2v) is 5.83. The van der Waals surface area contributed by atoms with Crippen molar-refractivity contribution >= 4 is 5.91 Å². The minimum absolute atomic E-state index is 0.0334. The van der Waals surface area contributed by atoms with E-state index in [9.17, 15) is 4.79 Å². The third kappa shape index (κ3) is 5.38. The standard InChI is InChI=1S/C17H28N2O2/c1-12(2)15(19-17(20)13(3)11-18-4)10-14-8-6-7-9-16(14)21-5/h6-9,12-13,15,18H,10-11H2,1-5H3,(H,19,20). The summed E-state index contributed by atoms with van der Waals surface area (Å²) in [5.74, 6) is 1.30. The van der Waals surface area contributed by atoms with E-state index in [1.54, 1.807) is 7.11 Å². The molecule has 4 nitrogen and oxygen atoms in total. The van der Waals surface area contributed by atoms with Crippen LogP contribution < -0.4 is 15.4 Å². The first-order chi connectivity index (χ1) is 9.99. The molecule has 0 radical (unpaired) electrons. The van der Waals surface area contributed by atoms with Crippen LogP contribution in [0.4, 0.5) is 0 Å². The van der Waals surface area contributed by atoms with Gasteiger partial charge in [-0.2, -0.15) is 0 Å². The van der Waals surface area contributed by atoms with Gasteiger partial charge in [0.1, 0.15) is 5.75 Å². The van der Waals surface area contributed by atoms with Gasteiger partial charge in [0.2, 0.25) is 5.91 Å². The average molecular weight is 292 g/mol. The Morgan fingerprint density at radius 1 is 1.24 bits per heavy atom. The van der Waals surface area contributed by atoms with Crippen LogP contribution in [0.25, 0.3) is 0 Å². The molecule has 2 unspecified atom stereocenters. The molecule has 1 aromatic rings. The van der Waals surface area contributed by atoms with Gasteiger partial charge in [-0.15, -0.1) is 0 Å². The van der Waals surface area contributed by atoms with E-state index in [4.69, 9.17) is 4.74 Å². The van der Waals surface area contributed by atoms with Crippen LogP contribution in [0.3, 0.4) is 0 Å². The van der Waals surface area contributed by atoms with E-state index in [0.717, 1.165) is 17.7 Å². The maximum absolute atomic E-state index is 12.2. The van der Waals surface area contributed by atoms with Gasteiger partial charge in [-0.1, -0.05) is 39.0 Å². The number of benzene rings is 1. The molecule has 0 heterocycles. The maximum Gasteiger partial charge on any atom is 0.224 e. The molecule has 1 rings (SSSR count). The molecule has 118 valence electrons. The number of carbonyl (C=O) groups is 1. The van der Waals surface area contributed by atoms with Crippen molar-refractivity contribution in [3.8, 4) is 5.75 Å². The molecule has 2 atom stereocenters. The van der Waals surface area contributed by atoms with Crippen molar-refractivity contribution < 1.29 is 9.53 Å². The molecular weight excluding hydrogens is 264 g/mol. The second-order valence-electron chi connectivity index (χ2n) is 5.83. The smallest absolute Gasteiger partial charge is 0.224 e. The number of nitrogens with one attached hydrogen (secondary N) is 2. The average Bonchev–Trinajstić information content (AvgIpc) is 2.47. The number of rotatable bonds is 8. The van der Waals surface area contributed by atoms with E-state index in [1.165, 1.54) is 0 Å². The number of methoxy groups -OCH3 is 1. The van der Waals surface area contributed by atoms with Crippen molar-refractivity contribution in [3.63, 3.8) is 0 Å². The summed E-state index contributed by atoms with van der Waals surface area (Å²) in [6, 6.07) is 8.07. The van der Waals surface area contributed by atoms with Crippen molar-refractivity contribution in [2.45, 2.75) is 33.2 Å². The molecule has 0 spiro atoms. The van der Waals surface area contributed by atoms with E-state index in [-0.39, 0.29) is 17.9 Å². The molecule has 0 aliphatic carbocycles. The number of hydrogen-bond acceptors (Lipinski definition) is 3. The summed E-state index contributed by atoms with van der Waals surface area (Å²) in [7, 11) is 3.54. The number of amides is 1. The Morgan fingerprint density at radius 2 is 1.90 bits per heavy atom. The summed E-state index contributed by atoms with van der Waals surface area (Å²) < 4.78 is 5.39. The van der Waals surface area contributed by atoms with Gasteiger partial charge in [-0.25, -0.2) is 0 Å². The van der Waals surface area contributed by atoms with E-state index >= 15 is 0 Å². The van der Waals surface area contributed by atoms with Gasteiger partial charge in [-0.3, -0.25) is 4.79 Å². The van der Waals surface area contributed by atoms with Crippen molar-refractivity contribution in [3.05, 3.63) is 29.8 Å². The lowest BCUT2D eigenvalue weighted by Gasteiger charge is -2.25. The largest absolute Gasteiger partial charge is 0.496 e. The van der Waals surface area contributed by atoms with Crippen LogP contribution >= 0.6 is 0 Å². The predicted octanol–water partition coefficient (Wildman–Crippen LogP) is 2.23. The van der Waals surface area contributed by atoms with E-state index in [0.29, 0.717) is 12.5 Å². The lowest BCUT2D eigenvalue weighted by molar-refractivity contribution is -0.125. The maximum atomic E-state index is 12.2. The number of ether oxygens (including phenoxy) is 1. The Bertz CT molecular complexity index is 446. The fraction of sp³-hybridized carbons (Fsp3) is 0.588. The van der Waals surface area contributed by atoms with Crippen molar-refractivity contribution in [1.29, 1.82) is 0 Å². The minimum atomic E-state index is -0.0334. The van der Waals surface area contributed by atoms with Crippen LogP contribution in [0.1, 0.15) is 26.3 Å². The molecule has 21 heavy (non-hydrogen) atoms. The molecule has 1 aromatic carbocycles. The Hall–Kier alpha value is -1.55. The third-order valence-electron chi connectivity index (χ3n) is 3.72. The van der Waals surface area contributed by atoms with Gasteiger partial charge in [-0.05, 0) is 31.0 Å². The quantitative estimate of drug-likeness (QED) is 0.772. The van der Waals surface area contributed by atoms with Gasteiger partial charge < -0.3 is 15.4 Å². The van der Waals surface area contributed by atoms with Crippen LogP contribution in [0.15, 0.2) is 24.3 Å². The molecule has 2 N–H and O–H groups in total. The highest BCUT2D eigenvalue weighted by Crippen LogP contribution is 2.21. The van der Waals surface area contributed by atoms with Crippen LogP contribution in [-0.2, 0) is 11.2 Å². The summed E-state index contributed by atoms with van der Waals surface area (Å²) >= 11 is 0. The molecule has 0 aliphatic rings. The fourth-order valence-corrected chi connectivity index (χ4v) is 2.29. The first-order valence-electron chi connectivity index (χ1n) is 7.56. The molecule has 0 saturated heterocycles. The fourth-order valence-electron chi connectivity index (χ4n) is 2.29. The van der Waals surface area contributed by atoms with Gasteiger partial charge in [0.05, 0.1) is 7.11 Å². The van der Waals surface area contributed by atoms with Crippen molar-refractivity contribution in [1.82, 2.24) is 10.6 Å². The van der Waals surface area contributed by atoms with Crippen molar-refractivity contribution in [2.24, 2.45) is 11.8 Å². The highest BCUT2D eigenvalue weighted by Gasteiger charge is 2.21. The molecule has 0 bridgehead atoms.